The molecule has 2 aromatic rings. The van der Waals surface area contributed by atoms with Crippen LogP contribution in [0.3, 0.4) is 0 Å². The molecule has 4 N–H and O–H groups in total. The van der Waals surface area contributed by atoms with Crippen molar-refractivity contribution in [2.24, 2.45) is 0 Å². The Morgan fingerprint density at radius 1 is 1.50 bits per heavy atom. The third kappa shape index (κ3) is 2.74. The normalized spacial score (nSPS) is 10.3. The minimum Gasteiger partial charge on any atom is -0.492 e. The van der Waals surface area contributed by atoms with E-state index >= 15 is 0 Å². The number of carbonyl (C=O) groups excluding carboxylic acids is 1. The molecule has 0 aliphatic carbocycles. The van der Waals surface area contributed by atoms with Gasteiger partial charge in [0, 0.05) is 12.5 Å². The van der Waals surface area contributed by atoms with Gasteiger partial charge in [0.05, 0.1) is 23.7 Å². The number of H-pyrrole nitrogens is 1. The Labute approximate surface area is 117 Å². The number of ether oxygens (including phenoxy) is 1. The van der Waals surface area contributed by atoms with Crippen molar-refractivity contribution in [1.29, 1.82) is 0 Å². The van der Waals surface area contributed by atoms with E-state index in [1.165, 1.54) is 6.92 Å². The Balaban J connectivity index is 2.45. The van der Waals surface area contributed by atoms with Crippen LogP contribution in [0.2, 0.25) is 0 Å². The van der Waals surface area contributed by atoms with Crippen LogP contribution in [0.25, 0.3) is 11.3 Å². The van der Waals surface area contributed by atoms with Gasteiger partial charge in [-0.1, -0.05) is 0 Å². The molecule has 6 nitrogen and oxygen atoms in total. The SMILES string of the molecule is CCOc1ccc(-c2n[nH]c(C)c2N)cc1NC(C)=O. The molecule has 0 unspecified atom stereocenters. The van der Waals surface area contributed by atoms with E-state index in [0.717, 1.165) is 11.3 Å². The summed E-state index contributed by atoms with van der Waals surface area (Å²) < 4.78 is 5.49. The summed E-state index contributed by atoms with van der Waals surface area (Å²) in [5.41, 5.74) is 9.48. The predicted molar refractivity (Wildman–Crippen MR) is 78.6 cm³/mol. The summed E-state index contributed by atoms with van der Waals surface area (Å²) in [4.78, 5) is 11.3. The van der Waals surface area contributed by atoms with Crippen molar-refractivity contribution in [3.63, 3.8) is 0 Å². The average Bonchev–Trinajstić information content (AvgIpc) is 2.72. The molecule has 0 fully saturated rings. The fraction of sp³-hybridized carbons (Fsp3) is 0.286. The average molecular weight is 274 g/mol. The van der Waals surface area contributed by atoms with Gasteiger partial charge in [0.1, 0.15) is 11.4 Å². The van der Waals surface area contributed by atoms with E-state index in [9.17, 15) is 4.79 Å². The molecule has 0 saturated heterocycles. The minimum absolute atomic E-state index is 0.158. The molecule has 106 valence electrons. The summed E-state index contributed by atoms with van der Waals surface area (Å²) in [7, 11) is 0. The van der Waals surface area contributed by atoms with Crippen LogP contribution in [0, 0.1) is 6.92 Å². The molecule has 1 heterocycles. The highest BCUT2D eigenvalue weighted by atomic mass is 16.5. The first-order valence-corrected chi connectivity index (χ1v) is 6.38. The van der Waals surface area contributed by atoms with Crippen molar-refractivity contribution >= 4 is 17.3 Å². The van der Waals surface area contributed by atoms with Crippen molar-refractivity contribution in [2.45, 2.75) is 20.8 Å². The highest BCUT2D eigenvalue weighted by Crippen LogP contribution is 2.33. The van der Waals surface area contributed by atoms with Gasteiger partial charge in [-0.15, -0.1) is 0 Å². The van der Waals surface area contributed by atoms with E-state index in [0.29, 0.717) is 29.4 Å². The Hall–Kier alpha value is -2.50. The Morgan fingerprint density at radius 2 is 2.25 bits per heavy atom. The molecule has 0 aliphatic rings. The minimum atomic E-state index is -0.158. The third-order valence-corrected chi connectivity index (χ3v) is 2.86. The lowest BCUT2D eigenvalue weighted by atomic mass is 10.1. The summed E-state index contributed by atoms with van der Waals surface area (Å²) in [5, 5.41) is 9.77. The molecule has 0 radical (unpaired) electrons. The van der Waals surface area contributed by atoms with Gasteiger partial charge in [-0.05, 0) is 32.0 Å². The number of nitrogen functional groups attached to an aromatic ring is 1. The van der Waals surface area contributed by atoms with Crippen molar-refractivity contribution in [3.05, 3.63) is 23.9 Å². The number of anilines is 2. The van der Waals surface area contributed by atoms with Crippen LogP contribution in [0.5, 0.6) is 5.75 Å². The smallest absolute Gasteiger partial charge is 0.221 e. The lowest BCUT2D eigenvalue weighted by Gasteiger charge is -2.12. The van der Waals surface area contributed by atoms with E-state index in [1.807, 2.05) is 19.9 Å². The van der Waals surface area contributed by atoms with Gasteiger partial charge in [-0.3, -0.25) is 9.89 Å². The number of nitrogens with two attached hydrogens (primary N) is 1. The number of amides is 1. The highest BCUT2D eigenvalue weighted by Gasteiger charge is 2.13. The summed E-state index contributed by atoms with van der Waals surface area (Å²) in [6.07, 6.45) is 0. The standard InChI is InChI=1S/C14H18N4O2/c1-4-20-12-6-5-10(7-11(12)16-9(3)19)14-13(15)8(2)17-18-14/h5-7H,4,15H2,1-3H3,(H,16,19)(H,17,18). The molecule has 0 atom stereocenters. The van der Waals surface area contributed by atoms with Crippen LogP contribution in [0.1, 0.15) is 19.5 Å². The highest BCUT2D eigenvalue weighted by molar-refractivity contribution is 5.92. The topological polar surface area (TPSA) is 93.0 Å². The quantitative estimate of drug-likeness (QED) is 0.797. The van der Waals surface area contributed by atoms with Gasteiger partial charge >= 0.3 is 0 Å². The van der Waals surface area contributed by atoms with Gasteiger partial charge in [0.15, 0.2) is 0 Å². The maximum atomic E-state index is 11.3. The Morgan fingerprint density at radius 3 is 2.80 bits per heavy atom. The number of hydrogen-bond acceptors (Lipinski definition) is 4. The van der Waals surface area contributed by atoms with Crippen LogP contribution in [0.4, 0.5) is 11.4 Å². The predicted octanol–water partition coefficient (Wildman–Crippen LogP) is 2.32. The number of aryl methyl sites for hydroxylation is 1. The monoisotopic (exact) mass is 274 g/mol. The maximum absolute atomic E-state index is 11.3. The Bertz CT molecular complexity index is 634. The van der Waals surface area contributed by atoms with Gasteiger partial charge in [0.2, 0.25) is 5.91 Å². The maximum Gasteiger partial charge on any atom is 0.221 e. The second kappa shape index (κ2) is 5.64. The lowest BCUT2D eigenvalue weighted by Crippen LogP contribution is -2.08. The fourth-order valence-electron chi connectivity index (χ4n) is 1.90. The molecule has 0 aliphatic heterocycles. The molecular weight excluding hydrogens is 256 g/mol. The van der Waals surface area contributed by atoms with Gasteiger partial charge < -0.3 is 15.8 Å². The zero-order chi connectivity index (χ0) is 14.7. The number of rotatable bonds is 4. The van der Waals surface area contributed by atoms with Crippen molar-refractivity contribution in [3.8, 4) is 17.0 Å². The first kappa shape index (κ1) is 13.9. The van der Waals surface area contributed by atoms with Gasteiger partial charge in [-0.25, -0.2) is 0 Å². The third-order valence-electron chi connectivity index (χ3n) is 2.86. The number of nitrogens with one attached hydrogen (secondary N) is 2. The summed E-state index contributed by atoms with van der Waals surface area (Å²) in [6, 6.07) is 5.47. The first-order chi connectivity index (χ1) is 9.52. The van der Waals surface area contributed by atoms with Crippen LogP contribution < -0.4 is 15.8 Å². The van der Waals surface area contributed by atoms with Crippen LogP contribution in [-0.2, 0) is 4.79 Å². The molecule has 0 spiro atoms. The van der Waals surface area contributed by atoms with Crippen LogP contribution >= 0.6 is 0 Å². The summed E-state index contributed by atoms with van der Waals surface area (Å²) >= 11 is 0. The van der Waals surface area contributed by atoms with Crippen molar-refractivity contribution in [2.75, 3.05) is 17.7 Å². The largest absolute Gasteiger partial charge is 0.492 e. The van der Waals surface area contributed by atoms with E-state index < -0.39 is 0 Å². The number of hydrogen-bond donors (Lipinski definition) is 3. The number of nitrogens with zero attached hydrogens (tertiary/aromatic N) is 1. The van der Waals surface area contributed by atoms with E-state index in [2.05, 4.69) is 15.5 Å². The number of aromatic nitrogens is 2. The fourth-order valence-corrected chi connectivity index (χ4v) is 1.90. The van der Waals surface area contributed by atoms with Crippen LogP contribution in [-0.4, -0.2) is 22.7 Å². The first-order valence-electron chi connectivity index (χ1n) is 6.38. The lowest BCUT2D eigenvalue weighted by molar-refractivity contribution is -0.114. The molecule has 1 aromatic carbocycles. The van der Waals surface area contributed by atoms with E-state index in [4.69, 9.17) is 10.5 Å². The zero-order valence-electron chi connectivity index (χ0n) is 11.8. The van der Waals surface area contributed by atoms with Crippen LogP contribution in [0.15, 0.2) is 18.2 Å². The second-order valence-electron chi connectivity index (χ2n) is 4.44. The van der Waals surface area contributed by atoms with Gasteiger partial charge in [-0.2, -0.15) is 5.10 Å². The molecule has 1 aromatic heterocycles. The number of benzene rings is 1. The molecule has 1 amide bonds. The van der Waals surface area contributed by atoms with Crippen molar-refractivity contribution < 1.29 is 9.53 Å². The van der Waals surface area contributed by atoms with E-state index in [-0.39, 0.29) is 5.91 Å². The molecule has 2 rings (SSSR count). The number of carbonyl (C=O) groups is 1. The Kier molecular flexibility index (Phi) is 3.93. The van der Waals surface area contributed by atoms with Gasteiger partial charge in [0.25, 0.3) is 0 Å². The zero-order valence-corrected chi connectivity index (χ0v) is 11.8. The molecular formula is C14H18N4O2. The number of aromatic amines is 1. The summed E-state index contributed by atoms with van der Waals surface area (Å²) in [6.45, 7) is 5.72. The molecule has 6 heteroatoms. The molecule has 0 bridgehead atoms. The molecule has 0 saturated carbocycles. The van der Waals surface area contributed by atoms with Crippen molar-refractivity contribution in [1.82, 2.24) is 10.2 Å². The van der Waals surface area contributed by atoms with E-state index in [1.54, 1.807) is 12.1 Å². The summed E-state index contributed by atoms with van der Waals surface area (Å²) in [5.74, 6) is 0.464. The second-order valence-corrected chi connectivity index (χ2v) is 4.44. The molecule has 20 heavy (non-hydrogen) atoms.